The first-order valence-corrected chi connectivity index (χ1v) is 17.3. The second-order valence-electron chi connectivity index (χ2n) is 11.3. The minimum Gasteiger partial charge on any atom is -0.465 e. The van der Waals surface area contributed by atoms with Crippen molar-refractivity contribution in [3.8, 4) is 0 Å². The number of amides is 3. The normalized spacial score (nSPS) is 13.3. The van der Waals surface area contributed by atoms with E-state index < -0.39 is 23.0 Å². The van der Waals surface area contributed by atoms with Gasteiger partial charge in [0.2, 0.25) is 5.91 Å². The van der Waals surface area contributed by atoms with Gasteiger partial charge in [0.25, 0.3) is 11.8 Å². The van der Waals surface area contributed by atoms with Gasteiger partial charge in [-0.3, -0.25) is 14.4 Å². The minimum atomic E-state index is -0.488. The standard InChI is InChI=1S/C37H34N4O5S2/c1-22(33(42)41-36-32(37(45)46-2)28-13-7-9-15-31(28)48-36)47-26-18-16-25(17-19-26)39-35(44)30(40-34(43)23-10-4-3-5-11-23)20-24-21-38-29-14-8-6-12-27(24)29/h3-6,8,10-12,14,16-22,38H,7,9,13,15H2,1-2H3,(H,39,44)(H,40,43)(H,41,42)/b30-20+/t22-/m0/s1. The van der Waals surface area contributed by atoms with Crippen LogP contribution in [0.2, 0.25) is 0 Å². The molecule has 0 radical (unpaired) electrons. The number of anilines is 2. The molecule has 0 bridgehead atoms. The van der Waals surface area contributed by atoms with Gasteiger partial charge in [0.15, 0.2) is 0 Å². The predicted octanol–water partition coefficient (Wildman–Crippen LogP) is 7.42. The van der Waals surface area contributed by atoms with E-state index in [1.54, 1.807) is 55.6 Å². The molecule has 3 aromatic carbocycles. The van der Waals surface area contributed by atoms with Crippen LogP contribution in [-0.2, 0) is 27.2 Å². The van der Waals surface area contributed by atoms with Gasteiger partial charge < -0.3 is 25.7 Å². The molecule has 1 aliphatic rings. The summed E-state index contributed by atoms with van der Waals surface area (Å²) in [6.45, 7) is 1.80. The summed E-state index contributed by atoms with van der Waals surface area (Å²) in [6.07, 6.45) is 7.21. The van der Waals surface area contributed by atoms with E-state index in [1.807, 2.05) is 42.5 Å². The Balaban J connectivity index is 1.14. The SMILES string of the molecule is COC(=O)c1c(NC(=O)[C@H](C)Sc2ccc(NC(=O)/C(=C\c3c[nH]c4ccccc34)NC(=O)c3ccccc3)cc2)sc2c1CCCC2. The van der Waals surface area contributed by atoms with E-state index in [4.69, 9.17) is 4.74 Å². The first-order chi connectivity index (χ1) is 23.3. The van der Waals surface area contributed by atoms with Gasteiger partial charge in [-0.05, 0) is 86.7 Å². The number of rotatable bonds is 10. The van der Waals surface area contributed by atoms with Crippen LogP contribution in [0.5, 0.6) is 0 Å². The van der Waals surface area contributed by atoms with E-state index >= 15 is 0 Å². The average Bonchev–Trinajstić information content (AvgIpc) is 3.69. The van der Waals surface area contributed by atoms with E-state index in [2.05, 4.69) is 20.9 Å². The topological polar surface area (TPSA) is 129 Å². The number of aromatic amines is 1. The van der Waals surface area contributed by atoms with E-state index in [0.717, 1.165) is 57.5 Å². The average molecular weight is 679 g/mol. The molecule has 3 amide bonds. The van der Waals surface area contributed by atoms with Gasteiger partial charge in [0.1, 0.15) is 10.7 Å². The summed E-state index contributed by atoms with van der Waals surface area (Å²) in [4.78, 5) is 57.5. The third-order valence-corrected chi connectivity index (χ3v) is 10.4. The number of carbonyl (C=O) groups is 4. The number of ether oxygens (including phenoxy) is 1. The zero-order valence-electron chi connectivity index (χ0n) is 26.4. The molecule has 11 heteroatoms. The Labute approximate surface area is 286 Å². The van der Waals surface area contributed by atoms with Crippen molar-refractivity contribution in [2.75, 3.05) is 17.7 Å². The van der Waals surface area contributed by atoms with Crippen LogP contribution in [0.25, 0.3) is 17.0 Å². The van der Waals surface area contributed by atoms with Gasteiger partial charge in [-0.25, -0.2) is 4.79 Å². The first kappa shape index (κ1) is 32.8. The molecule has 2 heterocycles. The largest absolute Gasteiger partial charge is 0.465 e. The lowest BCUT2D eigenvalue weighted by atomic mass is 9.95. The van der Waals surface area contributed by atoms with Crippen LogP contribution in [0.4, 0.5) is 10.7 Å². The van der Waals surface area contributed by atoms with Crippen LogP contribution in [0.15, 0.2) is 95.7 Å². The zero-order valence-corrected chi connectivity index (χ0v) is 28.1. The van der Waals surface area contributed by atoms with E-state index in [0.29, 0.717) is 21.8 Å². The fourth-order valence-corrected chi connectivity index (χ4v) is 7.72. The number of esters is 1. The van der Waals surface area contributed by atoms with Crippen molar-refractivity contribution in [2.45, 2.75) is 42.8 Å². The molecule has 0 fully saturated rings. The number of fused-ring (bicyclic) bond motifs is 2. The van der Waals surface area contributed by atoms with Crippen molar-refractivity contribution in [3.63, 3.8) is 0 Å². The summed E-state index contributed by atoms with van der Waals surface area (Å²) in [5, 5.41) is 9.61. The Kier molecular flexibility index (Phi) is 10.1. The number of hydrogen-bond acceptors (Lipinski definition) is 7. The molecule has 6 rings (SSSR count). The highest BCUT2D eigenvalue weighted by molar-refractivity contribution is 8.00. The molecule has 0 saturated carbocycles. The number of aryl methyl sites for hydroxylation is 1. The fourth-order valence-electron chi connectivity index (χ4n) is 5.57. The number of benzene rings is 3. The van der Waals surface area contributed by atoms with E-state index in [-0.39, 0.29) is 11.6 Å². The highest BCUT2D eigenvalue weighted by Gasteiger charge is 2.28. The monoisotopic (exact) mass is 678 g/mol. The lowest BCUT2D eigenvalue weighted by molar-refractivity contribution is -0.115. The number of thiophene rings is 1. The van der Waals surface area contributed by atoms with Crippen LogP contribution in [-0.4, -0.2) is 41.0 Å². The number of nitrogens with one attached hydrogen (secondary N) is 4. The molecule has 0 unspecified atom stereocenters. The molecule has 1 aliphatic carbocycles. The van der Waals surface area contributed by atoms with Crippen molar-refractivity contribution in [1.82, 2.24) is 10.3 Å². The van der Waals surface area contributed by atoms with Crippen LogP contribution < -0.4 is 16.0 Å². The van der Waals surface area contributed by atoms with Crippen molar-refractivity contribution < 1.29 is 23.9 Å². The van der Waals surface area contributed by atoms with Gasteiger partial charge >= 0.3 is 5.97 Å². The van der Waals surface area contributed by atoms with Crippen LogP contribution in [0, 0.1) is 0 Å². The van der Waals surface area contributed by atoms with Gasteiger partial charge in [-0.1, -0.05) is 36.4 Å². The van der Waals surface area contributed by atoms with E-state index in [9.17, 15) is 19.2 Å². The summed E-state index contributed by atoms with van der Waals surface area (Å²) >= 11 is 2.82. The third-order valence-electron chi connectivity index (χ3n) is 8.04. The lowest BCUT2D eigenvalue weighted by Crippen LogP contribution is -2.30. The number of aromatic nitrogens is 1. The smallest absolute Gasteiger partial charge is 0.341 e. The number of H-pyrrole nitrogens is 1. The van der Waals surface area contributed by atoms with Crippen molar-refractivity contribution >= 4 is 74.5 Å². The second kappa shape index (κ2) is 14.7. The van der Waals surface area contributed by atoms with Gasteiger partial charge in [-0.15, -0.1) is 23.1 Å². The summed E-state index contributed by atoms with van der Waals surface area (Å²) in [7, 11) is 1.35. The Bertz CT molecular complexity index is 2010. The number of carbonyl (C=O) groups excluding carboxylic acids is 4. The number of para-hydroxylation sites is 1. The molecule has 0 saturated heterocycles. The molecular weight excluding hydrogens is 645 g/mol. The van der Waals surface area contributed by atoms with Crippen molar-refractivity contribution in [1.29, 1.82) is 0 Å². The highest BCUT2D eigenvalue weighted by Crippen LogP contribution is 2.39. The van der Waals surface area contributed by atoms with Crippen molar-refractivity contribution in [3.05, 3.63) is 118 Å². The lowest BCUT2D eigenvalue weighted by Gasteiger charge is -2.14. The number of hydrogen-bond donors (Lipinski definition) is 4. The van der Waals surface area contributed by atoms with Crippen molar-refractivity contribution in [2.24, 2.45) is 0 Å². The maximum Gasteiger partial charge on any atom is 0.341 e. The summed E-state index contributed by atoms with van der Waals surface area (Å²) in [5.74, 6) is -1.54. The fraction of sp³-hybridized carbons (Fsp3) is 0.189. The molecule has 1 atom stereocenters. The van der Waals surface area contributed by atoms with Crippen LogP contribution in [0.3, 0.4) is 0 Å². The van der Waals surface area contributed by atoms with Gasteiger partial charge in [-0.2, -0.15) is 0 Å². The quantitative estimate of drug-likeness (QED) is 0.0691. The molecule has 2 aromatic heterocycles. The summed E-state index contributed by atoms with van der Waals surface area (Å²) in [5.41, 5.74) is 4.16. The first-order valence-electron chi connectivity index (χ1n) is 15.6. The van der Waals surface area contributed by atoms with Gasteiger partial charge in [0, 0.05) is 43.7 Å². The molecule has 0 aliphatic heterocycles. The summed E-state index contributed by atoms with van der Waals surface area (Å²) < 4.78 is 5.03. The molecular formula is C37H34N4O5S2. The number of methoxy groups -OCH3 is 1. The second-order valence-corrected chi connectivity index (χ2v) is 13.8. The molecule has 48 heavy (non-hydrogen) atoms. The predicted molar refractivity (Wildman–Crippen MR) is 192 cm³/mol. The Morgan fingerprint density at radius 3 is 2.42 bits per heavy atom. The van der Waals surface area contributed by atoms with Crippen LogP contribution in [0.1, 0.15) is 56.5 Å². The highest BCUT2D eigenvalue weighted by atomic mass is 32.2. The number of thioether (sulfide) groups is 1. The molecule has 4 N–H and O–H groups in total. The van der Waals surface area contributed by atoms with Crippen LogP contribution >= 0.6 is 23.1 Å². The maximum atomic E-state index is 13.5. The molecule has 0 spiro atoms. The maximum absolute atomic E-state index is 13.5. The van der Waals surface area contributed by atoms with E-state index in [1.165, 1.54) is 30.2 Å². The zero-order chi connectivity index (χ0) is 33.6. The molecule has 244 valence electrons. The Morgan fingerprint density at radius 1 is 0.917 bits per heavy atom. The third kappa shape index (κ3) is 7.37. The Hall–Kier alpha value is -5.13. The summed E-state index contributed by atoms with van der Waals surface area (Å²) in [6, 6.07) is 23.5. The Morgan fingerprint density at radius 2 is 1.65 bits per heavy atom. The molecule has 5 aromatic rings. The molecule has 9 nitrogen and oxygen atoms in total. The van der Waals surface area contributed by atoms with Gasteiger partial charge in [0.05, 0.1) is 17.9 Å². The minimum absolute atomic E-state index is 0.0823.